The molecule has 0 aliphatic heterocycles. The van der Waals surface area contributed by atoms with Crippen LogP contribution in [0, 0.1) is 0 Å². The predicted octanol–water partition coefficient (Wildman–Crippen LogP) is 2.59. The fourth-order valence-corrected chi connectivity index (χ4v) is 1.11. The average molecular weight is 202 g/mol. The molecule has 0 radical (unpaired) electrons. The van der Waals surface area contributed by atoms with Crippen molar-refractivity contribution < 1.29 is 9.53 Å². The van der Waals surface area contributed by atoms with Crippen LogP contribution in [-0.2, 0) is 9.53 Å². The summed E-state index contributed by atoms with van der Waals surface area (Å²) >= 11 is 3.85. The molecular weight excluding hydrogens is 184 g/mol. The van der Waals surface area contributed by atoms with Gasteiger partial charge >= 0.3 is 5.97 Å². The van der Waals surface area contributed by atoms with Crippen LogP contribution >= 0.6 is 12.6 Å². The molecule has 0 saturated heterocycles. The van der Waals surface area contributed by atoms with Crippen molar-refractivity contribution in [3.8, 4) is 0 Å². The third-order valence-corrected chi connectivity index (χ3v) is 1.76. The second kappa shape index (κ2) is 7.01. The first-order chi connectivity index (χ1) is 6.10. The summed E-state index contributed by atoms with van der Waals surface area (Å²) in [6.07, 6.45) is 3.79. The predicted molar refractivity (Wildman–Crippen MR) is 58.1 cm³/mol. The van der Waals surface area contributed by atoms with E-state index in [0.29, 0.717) is 0 Å². The average Bonchev–Trinajstić information content (AvgIpc) is 2.03. The quantitative estimate of drug-likeness (QED) is 0.421. The minimum Gasteiger partial charge on any atom is -0.458 e. The topological polar surface area (TPSA) is 26.3 Å². The SMILES string of the molecule is CCCC(C=C(C)C)OC(=O)CS. The molecule has 0 N–H and O–H groups in total. The minimum absolute atomic E-state index is 0.0744. The lowest BCUT2D eigenvalue weighted by Gasteiger charge is -2.13. The molecule has 1 unspecified atom stereocenters. The third-order valence-electron chi connectivity index (χ3n) is 1.50. The van der Waals surface area contributed by atoms with Crippen LogP contribution in [0.25, 0.3) is 0 Å². The van der Waals surface area contributed by atoms with E-state index >= 15 is 0 Å². The fraction of sp³-hybridized carbons (Fsp3) is 0.700. The number of rotatable bonds is 5. The lowest BCUT2D eigenvalue weighted by atomic mass is 10.1. The van der Waals surface area contributed by atoms with Crippen LogP contribution in [0.5, 0.6) is 0 Å². The van der Waals surface area contributed by atoms with Crippen molar-refractivity contribution in [2.24, 2.45) is 0 Å². The van der Waals surface area contributed by atoms with Crippen LogP contribution in [-0.4, -0.2) is 17.8 Å². The van der Waals surface area contributed by atoms with Gasteiger partial charge in [0.1, 0.15) is 6.10 Å². The number of carbonyl (C=O) groups is 1. The molecule has 0 spiro atoms. The highest BCUT2D eigenvalue weighted by molar-refractivity contribution is 7.81. The van der Waals surface area contributed by atoms with Crippen LogP contribution in [0.1, 0.15) is 33.6 Å². The van der Waals surface area contributed by atoms with Gasteiger partial charge in [-0.1, -0.05) is 18.9 Å². The maximum atomic E-state index is 11.0. The zero-order valence-electron chi connectivity index (χ0n) is 8.54. The fourth-order valence-electron chi connectivity index (χ4n) is 1.04. The van der Waals surface area contributed by atoms with Crippen LogP contribution in [0.2, 0.25) is 0 Å². The van der Waals surface area contributed by atoms with Gasteiger partial charge in [-0.25, -0.2) is 0 Å². The second-order valence-corrected chi connectivity index (χ2v) is 3.54. The molecular formula is C10H18O2S. The summed E-state index contributed by atoms with van der Waals surface area (Å²) in [5.41, 5.74) is 1.17. The van der Waals surface area contributed by atoms with Crippen molar-refractivity contribution in [3.63, 3.8) is 0 Å². The van der Waals surface area contributed by atoms with Crippen molar-refractivity contribution in [1.82, 2.24) is 0 Å². The van der Waals surface area contributed by atoms with Gasteiger partial charge in [0.05, 0.1) is 5.75 Å². The van der Waals surface area contributed by atoms with Gasteiger partial charge in [0.2, 0.25) is 0 Å². The summed E-state index contributed by atoms with van der Waals surface area (Å²) in [7, 11) is 0. The Morgan fingerprint density at radius 2 is 2.15 bits per heavy atom. The van der Waals surface area contributed by atoms with Gasteiger partial charge in [-0.3, -0.25) is 4.79 Å². The van der Waals surface area contributed by atoms with E-state index < -0.39 is 0 Å². The maximum Gasteiger partial charge on any atom is 0.316 e. The molecule has 0 rings (SSSR count). The summed E-state index contributed by atoms with van der Waals surface area (Å²) in [5.74, 6) is -0.101. The van der Waals surface area contributed by atoms with Gasteiger partial charge in [0.15, 0.2) is 0 Å². The van der Waals surface area contributed by atoms with Gasteiger partial charge < -0.3 is 4.74 Å². The molecule has 0 fully saturated rings. The monoisotopic (exact) mass is 202 g/mol. The van der Waals surface area contributed by atoms with E-state index in [4.69, 9.17) is 4.74 Å². The molecule has 0 aromatic heterocycles. The van der Waals surface area contributed by atoms with Gasteiger partial charge in [-0.15, -0.1) is 0 Å². The van der Waals surface area contributed by atoms with Gasteiger partial charge in [-0.05, 0) is 26.3 Å². The molecule has 0 bridgehead atoms. The van der Waals surface area contributed by atoms with Gasteiger partial charge in [-0.2, -0.15) is 12.6 Å². The lowest BCUT2D eigenvalue weighted by molar-refractivity contribution is -0.143. The van der Waals surface area contributed by atoms with E-state index in [0.717, 1.165) is 12.8 Å². The van der Waals surface area contributed by atoms with Crippen molar-refractivity contribution in [1.29, 1.82) is 0 Å². The Labute approximate surface area is 85.8 Å². The molecule has 0 aliphatic carbocycles. The number of hydrogen-bond acceptors (Lipinski definition) is 3. The number of esters is 1. The summed E-state index contributed by atoms with van der Waals surface area (Å²) in [6.45, 7) is 6.06. The molecule has 76 valence electrons. The van der Waals surface area contributed by atoms with E-state index in [9.17, 15) is 4.79 Å². The number of hydrogen-bond donors (Lipinski definition) is 1. The van der Waals surface area contributed by atoms with E-state index in [-0.39, 0.29) is 17.8 Å². The Hall–Kier alpha value is -0.440. The first-order valence-corrected chi connectivity index (χ1v) is 5.18. The third kappa shape index (κ3) is 6.70. The smallest absolute Gasteiger partial charge is 0.316 e. The van der Waals surface area contributed by atoms with Crippen LogP contribution in [0.15, 0.2) is 11.6 Å². The lowest BCUT2D eigenvalue weighted by Crippen LogP contribution is -2.17. The van der Waals surface area contributed by atoms with E-state index in [2.05, 4.69) is 19.6 Å². The van der Waals surface area contributed by atoms with Crippen molar-refractivity contribution in [3.05, 3.63) is 11.6 Å². The number of thiol groups is 1. The Kier molecular flexibility index (Phi) is 6.77. The van der Waals surface area contributed by atoms with Gasteiger partial charge in [0, 0.05) is 0 Å². The first kappa shape index (κ1) is 12.6. The molecule has 0 aromatic rings. The summed E-state index contributed by atoms with van der Waals surface area (Å²) in [5, 5.41) is 0. The van der Waals surface area contributed by atoms with E-state index in [1.54, 1.807) is 0 Å². The highest BCUT2D eigenvalue weighted by Crippen LogP contribution is 2.07. The van der Waals surface area contributed by atoms with Crippen LogP contribution in [0.4, 0.5) is 0 Å². The molecule has 3 heteroatoms. The number of allylic oxidation sites excluding steroid dienone is 1. The van der Waals surface area contributed by atoms with Crippen LogP contribution in [0.3, 0.4) is 0 Å². The largest absolute Gasteiger partial charge is 0.458 e. The molecule has 0 saturated carbocycles. The normalized spacial score (nSPS) is 12.0. The van der Waals surface area contributed by atoms with E-state index in [1.807, 2.05) is 19.9 Å². The zero-order valence-corrected chi connectivity index (χ0v) is 9.43. The number of carbonyl (C=O) groups excluding carboxylic acids is 1. The standard InChI is InChI=1S/C10H18O2S/c1-4-5-9(6-8(2)3)12-10(11)7-13/h6,9,13H,4-5,7H2,1-3H3. The molecule has 0 amide bonds. The molecule has 2 nitrogen and oxygen atoms in total. The molecule has 13 heavy (non-hydrogen) atoms. The Bertz CT molecular complexity index is 183. The van der Waals surface area contributed by atoms with Crippen LogP contribution < -0.4 is 0 Å². The summed E-state index contributed by atoms with van der Waals surface area (Å²) < 4.78 is 5.16. The molecule has 0 aromatic carbocycles. The molecule has 0 aliphatic rings. The highest BCUT2D eigenvalue weighted by atomic mass is 32.1. The van der Waals surface area contributed by atoms with Crippen molar-refractivity contribution in [2.45, 2.75) is 39.7 Å². The summed E-state index contributed by atoms with van der Waals surface area (Å²) in [6, 6.07) is 0. The summed E-state index contributed by atoms with van der Waals surface area (Å²) in [4.78, 5) is 11.0. The minimum atomic E-state index is -0.251. The Morgan fingerprint density at radius 1 is 1.54 bits per heavy atom. The highest BCUT2D eigenvalue weighted by Gasteiger charge is 2.08. The van der Waals surface area contributed by atoms with Gasteiger partial charge in [0.25, 0.3) is 0 Å². The Balaban J connectivity index is 4.09. The maximum absolute atomic E-state index is 11.0. The van der Waals surface area contributed by atoms with Crippen molar-refractivity contribution >= 4 is 18.6 Å². The Morgan fingerprint density at radius 3 is 2.54 bits per heavy atom. The second-order valence-electron chi connectivity index (χ2n) is 3.22. The molecule has 0 heterocycles. The van der Waals surface area contributed by atoms with E-state index in [1.165, 1.54) is 5.57 Å². The first-order valence-electron chi connectivity index (χ1n) is 4.55. The number of ether oxygens (including phenoxy) is 1. The van der Waals surface area contributed by atoms with Crippen molar-refractivity contribution in [2.75, 3.05) is 5.75 Å². The molecule has 1 atom stereocenters. The zero-order chi connectivity index (χ0) is 10.3.